The summed E-state index contributed by atoms with van der Waals surface area (Å²) in [6, 6.07) is 10.5. The van der Waals surface area contributed by atoms with E-state index < -0.39 is 40.4 Å². The summed E-state index contributed by atoms with van der Waals surface area (Å²) in [5.74, 6) is -1.35. The lowest BCUT2D eigenvalue weighted by atomic mass is 10.1. The highest BCUT2D eigenvalue weighted by atomic mass is 35.5. The summed E-state index contributed by atoms with van der Waals surface area (Å²) in [4.78, 5) is 17.6. The van der Waals surface area contributed by atoms with Crippen LogP contribution in [0.4, 0.5) is 22.0 Å². The number of benzene rings is 2. The Morgan fingerprint density at radius 1 is 1.17 bits per heavy atom. The molecule has 0 atom stereocenters. The lowest BCUT2D eigenvalue weighted by Gasteiger charge is -2.12. The van der Waals surface area contributed by atoms with Crippen molar-refractivity contribution in [2.75, 3.05) is 0 Å². The Kier molecular flexibility index (Phi) is 5.97. The van der Waals surface area contributed by atoms with Crippen LogP contribution in [-0.4, -0.2) is 15.7 Å². The summed E-state index contributed by atoms with van der Waals surface area (Å²) in [5, 5.41) is 3.30. The van der Waals surface area contributed by atoms with Crippen LogP contribution in [-0.2, 0) is 13.2 Å². The van der Waals surface area contributed by atoms with Crippen LogP contribution in [0.5, 0.6) is 5.75 Å². The molecule has 1 aromatic heterocycles. The van der Waals surface area contributed by atoms with E-state index in [1.165, 1.54) is 7.05 Å². The van der Waals surface area contributed by atoms with Gasteiger partial charge in [0, 0.05) is 12.6 Å². The Hall–Kier alpha value is -3.14. The number of rotatable bonds is 5. The molecular formula is C19H13ClF5N3O2. The molecule has 0 saturated carbocycles. The zero-order chi connectivity index (χ0) is 22.1. The van der Waals surface area contributed by atoms with Gasteiger partial charge in [-0.3, -0.25) is 9.48 Å². The lowest BCUT2D eigenvalue weighted by molar-refractivity contribution is -0.137. The van der Waals surface area contributed by atoms with Crippen molar-refractivity contribution in [2.24, 2.45) is 7.05 Å². The SMILES string of the molecule is Cn1nc(C(F)F)c(C(=O)NOc2ccc(C(F)(F)F)cc2Cl)c1-c1ccccc1. The third-order valence-electron chi connectivity index (χ3n) is 4.07. The number of nitrogens with zero attached hydrogens (tertiary/aromatic N) is 2. The van der Waals surface area contributed by atoms with Crippen LogP contribution in [0.25, 0.3) is 11.3 Å². The first-order valence-corrected chi connectivity index (χ1v) is 8.71. The molecule has 5 nitrogen and oxygen atoms in total. The van der Waals surface area contributed by atoms with E-state index in [1.54, 1.807) is 30.3 Å². The van der Waals surface area contributed by atoms with Gasteiger partial charge in [0.25, 0.3) is 12.3 Å². The molecule has 0 radical (unpaired) electrons. The highest BCUT2D eigenvalue weighted by Gasteiger charge is 2.32. The Morgan fingerprint density at radius 2 is 1.83 bits per heavy atom. The third kappa shape index (κ3) is 4.38. The van der Waals surface area contributed by atoms with Crippen LogP contribution in [0, 0.1) is 0 Å². The topological polar surface area (TPSA) is 56.2 Å². The van der Waals surface area contributed by atoms with Gasteiger partial charge in [0.05, 0.1) is 21.8 Å². The number of halogens is 6. The zero-order valence-electron chi connectivity index (χ0n) is 15.2. The van der Waals surface area contributed by atoms with E-state index in [0.29, 0.717) is 17.7 Å². The summed E-state index contributed by atoms with van der Waals surface area (Å²) in [5.41, 5.74) is 0.308. The average molecular weight is 446 g/mol. The van der Waals surface area contributed by atoms with Crippen molar-refractivity contribution in [1.29, 1.82) is 0 Å². The van der Waals surface area contributed by atoms with Crippen LogP contribution in [0.15, 0.2) is 48.5 Å². The molecule has 11 heteroatoms. The Morgan fingerprint density at radius 3 is 2.40 bits per heavy atom. The molecule has 0 aliphatic heterocycles. The van der Waals surface area contributed by atoms with Gasteiger partial charge in [-0.15, -0.1) is 0 Å². The number of aryl methyl sites for hydroxylation is 1. The molecule has 1 heterocycles. The van der Waals surface area contributed by atoms with Crippen molar-refractivity contribution in [3.8, 4) is 17.0 Å². The van der Waals surface area contributed by atoms with Gasteiger partial charge in [-0.2, -0.15) is 23.8 Å². The van der Waals surface area contributed by atoms with Crippen LogP contribution in [0.1, 0.15) is 28.0 Å². The quantitative estimate of drug-likeness (QED) is 0.421. The number of hydrogen-bond acceptors (Lipinski definition) is 3. The first-order chi connectivity index (χ1) is 14.1. The minimum atomic E-state index is -4.61. The fourth-order valence-electron chi connectivity index (χ4n) is 2.76. The van der Waals surface area contributed by atoms with Crippen LogP contribution < -0.4 is 10.3 Å². The number of aromatic nitrogens is 2. The van der Waals surface area contributed by atoms with Crippen LogP contribution in [0.2, 0.25) is 5.02 Å². The number of nitrogens with one attached hydrogen (secondary N) is 1. The minimum Gasteiger partial charge on any atom is -0.378 e. The first-order valence-electron chi connectivity index (χ1n) is 8.34. The van der Waals surface area contributed by atoms with Gasteiger partial charge in [0.15, 0.2) is 5.75 Å². The molecule has 0 aliphatic carbocycles. The summed E-state index contributed by atoms with van der Waals surface area (Å²) >= 11 is 5.77. The van der Waals surface area contributed by atoms with E-state index in [1.807, 2.05) is 5.48 Å². The predicted molar refractivity (Wildman–Crippen MR) is 98.1 cm³/mol. The number of amides is 1. The van der Waals surface area contributed by atoms with Crippen LogP contribution >= 0.6 is 11.6 Å². The fourth-order valence-corrected chi connectivity index (χ4v) is 2.98. The van der Waals surface area contributed by atoms with Gasteiger partial charge in [0.1, 0.15) is 5.69 Å². The van der Waals surface area contributed by atoms with Crippen molar-refractivity contribution in [3.63, 3.8) is 0 Å². The maximum atomic E-state index is 13.5. The number of alkyl halides is 5. The highest BCUT2D eigenvalue weighted by molar-refractivity contribution is 6.32. The molecule has 0 spiro atoms. The lowest BCUT2D eigenvalue weighted by Crippen LogP contribution is -2.28. The molecule has 3 aromatic rings. The molecule has 3 rings (SSSR count). The second-order valence-corrected chi connectivity index (χ2v) is 6.48. The summed E-state index contributed by atoms with van der Waals surface area (Å²) in [7, 11) is 1.40. The number of hydrogen-bond donors (Lipinski definition) is 1. The maximum Gasteiger partial charge on any atom is 0.416 e. The van der Waals surface area contributed by atoms with Gasteiger partial charge >= 0.3 is 6.18 Å². The monoisotopic (exact) mass is 445 g/mol. The van der Waals surface area contributed by atoms with Gasteiger partial charge in [-0.25, -0.2) is 8.78 Å². The van der Waals surface area contributed by atoms with Crippen molar-refractivity contribution in [1.82, 2.24) is 15.3 Å². The fraction of sp³-hybridized carbons (Fsp3) is 0.158. The standard InChI is InChI=1S/C19H13ClF5N3O2/c1-28-16(10-5-3-2-4-6-10)14(15(26-28)17(21)22)18(29)27-30-13-8-7-11(9-12(13)20)19(23,24)25/h2-9,17H,1H3,(H,27,29). The Balaban J connectivity index is 1.91. The van der Waals surface area contributed by atoms with Crippen molar-refractivity contribution in [3.05, 3.63) is 70.4 Å². The molecule has 158 valence electrons. The minimum absolute atomic E-state index is 0.116. The van der Waals surface area contributed by atoms with E-state index in [-0.39, 0.29) is 11.4 Å². The van der Waals surface area contributed by atoms with Crippen molar-refractivity contribution >= 4 is 17.5 Å². The molecule has 1 N–H and O–H groups in total. The molecular weight excluding hydrogens is 433 g/mol. The first kappa shape index (κ1) is 21.6. The number of hydroxylamine groups is 1. The molecule has 0 aliphatic rings. The Labute approximate surface area is 172 Å². The predicted octanol–water partition coefficient (Wildman–Crippen LogP) is 5.42. The van der Waals surface area contributed by atoms with E-state index in [9.17, 15) is 26.7 Å². The van der Waals surface area contributed by atoms with Gasteiger partial charge in [-0.05, 0) is 18.2 Å². The second-order valence-electron chi connectivity index (χ2n) is 6.08. The number of carbonyl (C=O) groups is 1. The van der Waals surface area contributed by atoms with Gasteiger partial charge in [0.2, 0.25) is 0 Å². The molecule has 1 amide bonds. The van der Waals surface area contributed by atoms with Crippen molar-refractivity contribution in [2.45, 2.75) is 12.6 Å². The molecule has 0 bridgehead atoms. The molecule has 2 aromatic carbocycles. The van der Waals surface area contributed by atoms with E-state index >= 15 is 0 Å². The average Bonchev–Trinajstić information content (AvgIpc) is 3.04. The molecule has 0 saturated heterocycles. The largest absolute Gasteiger partial charge is 0.416 e. The molecule has 30 heavy (non-hydrogen) atoms. The number of carbonyl (C=O) groups excluding carboxylic acids is 1. The zero-order valence-corrected chi connectivity index (χ0v) is 15.9. The normalized spacial score (nSPS) is 11.6. The van der Waals surface area contributed by atoms with Gasteiger partial charge in [-0.1, -0.05) is 41.9 Å². The summed E-state index contributed by atoms with van der Waals surface area (Å²) < 4.78 is 66.2. The summed E-state index contributed by atoms with van der Waals surface area (Å²) in [6.45, 7) is 0. The smallest absolute Gasteiger partial charge is 0.378 e. The molecule has 0 fully saturated rings. The van der Waals surface area contributed by atoms with E-state index in [0.717, 1.165) is 10.7 Å². The Bertz CT molecular complexity index is 1070. The second kappa shape index (κ2) is 8.31. The van der Waals surface area contributed by atoms with Crippen LogP contribution in [0.3, 0.4) is 0 Å². The van der Waals surface area contributed by atoms with Gasteiger partial charge < -0.3 is 4.84 Å². The van der Waals surface area contributed by atoms with E-state index in [2.05, 4.69) is 5.10 Å². The highest BCUT2D eigenvalue weighted by Crippen LogP contribution is 2.35. The molecule has 0 unspecified atom stereocenters. The summed E-state index contributed by atoms with van der Waals surface area (Å²) in [6.07, 6.45) is -7.67. The third-order valence-corrected chi connectivity index (χ3v) is 4.36. The van der Waals surface area contributed by atoms with Crippen molar-refractivity contribution < 1.29 is 31.6 Å². The van der Waals surface area contributed by atoms with E-state index in [4.69, 9.17) is 16.4 Å². The maximum absolute atomic E-state index is 13.5.